The van der Waals surface area contributed by atoms with E-state index in [4.69, 9.17) is 4.74 Å². The fourth-order valence-electron chi connectivity index (χ4n) is 3.89. The van der Waals surface area contributed by atoms with Crippen LogP contribution >= 0.6 is 24.0 Å². The lowest BCUT2D eigenvalue weighted by Crippen LogP contribution is -2.45. The fourth-order valence-corrected chi connectivity index (χ4v) is 3.89. The number of aliphatic imine (C=N–C) groups is 1. The van der Waals surface area contributed by atoms with Crippen LogP contribution in [0.3, 0.4) is 0 Å². The SMILES string of the molecule is CN=C(NCCCc1nnc2ccccn12)NC1CCN(c2ccccc2OC)C1.I. The molecule has 1 aromatic carbocycles. The minimum absolute atomic E-state index is 0. The number of anilines is 1. The number of methoxy groups -OCH3 is 1. The Labute approximate surface area is 200 Å². The number of hydrogen-bond donors (Lipinski definition) is 2. The Morgan fingerprint density at radius 1 is 1.19 bits per heavy atom. The number of benzene rings is 1. The Bertz CT molecular complexity index is 1010. The van der Waals surface area contributed by atoms with Crippen LogP contribution in [0.1, 0.15) is 18.7 Å². The van der Waals surface area contributed by atoms with Gasteiger partial charge in [-0.3, -0.25) is 9.39 Å². The van der Waals surface area contributed by atoms with Crippen LogP contribution in [0.5, 0.6) is 5.75 Å². The van der Waals surface area contributed by atoms with Crippen LogP contribution in [0.2, 0.25) is 0 Å². The van der Waals surface area contributed by atoms with Crippen molar-refractivity contribution >= 4 is 41.3 Å². The number of nitrogens with one attached hydrogen (secondary N) is 2. The fraction of sp³-hybridized carbons (Fsp3) is 0.409. The Morgan fingerprint density at radius 2 is 2.03 bits per heavy atom. The number of aromatic nitrogens is 3. The molecule has 0 saturated carbocycles. The smallest absolute Gasteiger partial charge is 0.191 e. The summed E-state index contributed by atoms with van der Waals surface area (Å²) < 4.78 is 7.55. The van der Waals surface area contributed by atoms with Gasteiger partial charge in [-0.1, -0.05) is 18.2 Å². The van der Waals surface area contributed by atoms with E-state index in [-0.39, 0.29) is 24.0 Å². The average molecular weight is 535 g/mol. The lowest BCUT2D eigenvalue weighted by Gasteiger charge is -2.22. The van der Waals surface area contributed by atoms with Crippen LogP contribution < -0.4 is 20.3 Å². The molecule has 0 aliphatic carbocycles. The summed E-state index contributed by atoms with van der Waals surface area (Å²) in [5.41, 5.74) is 2.03. The predicted octanol–water partition coefficient (Wildman–Crippen LogP) is 2.73. The zero-order chi connectivity index (χ0) is 20.8. The maximum Gasteiger partial charge on any atom is 0.191 e. The molecule has 9 heteroatoms. The van der Waals surface area contributed by atoms with E-state index in [1.165, 1.54) is 0 Å². The van der Waals surface area contributed by atoms with Gasteiger partial charge < -0.3 is 20.3 Å². The monoisotopic (exact) mass is 535 g/mol. The second kappa shape index (κ2) is 11.2. The number of nitrogens with zero attached hydrogens (tertiary/aromatic N) is 5. The third kappa shape index (κ3) is 5.57. The van der Waals surface area contributed by atoms with Crippen molar-refractivity contribution in [3.05, 3.63) is 54.5 Å². The van der Waals surface area contributed by atoms with Crippen molar-refractivity contribution in [1.29, 1.82) is 0 Å². The number of fused-ring (bicyclic) bond motifs is 1. The van der Waals surface area contributed by atoms with Gasteiger partial charge in [-0.15, -0.1) is 34.2 Å². The second-order valence-electron chi connectivity index (χ2n) is 7.40. The first-order valence-electron chi connectivity index (χ1n) is 10.4. The quantitative estimate of drug-likeness (QED) is 0.210. The van der Waals surface area contributed by atoms with Crippen molar-refractivity contribution in [2.45, 2.75) is 25.3 Å². The van der Waals surface area contributed by atoms with E-state index in [1.807, 2.05) is 48.0 Å². The maximum absolute atomic E-state index is 5.51. The lowest BCUT2D eigenvalue weighted by molar-refractivity contribution is 0.415. The van der Waals surface area contributed by atoms with Crippen molar-refractivity contribution in [2.24, 2.45) is 4.99 Å². The molecule has 1 aliphatic rings. The molecule has 1 atom stereocenters. The molecule has 4 rings (SSSR count). The van der Waals surface area contributed by atoms with Crippen molar-refractivity contribution in [1.82, 2.24) is 25.2 Å². The first-order chi connectivity index (χ1) is 14.8. The van der Waals surface area contributed by atoms with E-state index in [2.05, 4.69) is 42.9 Å². The number of para-hydroxylation sites is 2. The van der Waals surface area contributed by atoms with E-state index in [0.29, 0.717) is 6.04 Å². The zero-order valence-corrected chi connectivity index (χ0v) is 20.3. The van der Waals surface area contributed by atoms with Crippen LogP contribution in [0, 0.1) is 0 Å². The van der Waals surface area contributed by atoms with Gasteiger partial charge in [0, 0.05) is 45.3 Å². The first-order valence-corrected chi connectivity index (χ1v) is 10.4. The summed E-state index contributed by atoms with van der Waals surface area (Å²) >= 11 is 0. The Hall–Kier alpha value is -2.56. The lowest BCUT2D eigenvalue weighted by atomic mass is 10.2. The summed E-state index contributed by atoms with van der Waals surface area (Å²) in [7, 11) is 3.53. The molecular formula is C22H30IN7O. The zero-order valence-electron chi connectivity index (χ0n) is 18.0. The number of rotatable bonds is 7. The van der Waals surface area contributed by atoms with Crippen LogP contribution in [0.4, 0.5) is 5.69 Å². The van der Waals surface area contributed by atoms with Crippen molar-refractivity contribution < 1.29 is 4.74 Å². The average Bonchev–Trinajstić information content (AvgIpc) is 3.43. The Morgan fingerprint density at radius 3 is 2.87 bits per heavy atom. The highest BCUT2D eigenvalue weighted by Crippen LogP contribution is 2.30. The van der Waals surface area contributed by atoms with Crippen LogP contribution in [0.15, 0.2) is 53.7 Å². The summed E-state index contributed by atoms with van der Waals surface area (Å²) in [6, 6.07) is 14.5. The van der Waals surface area contributed by atoms with Crippen molar-refractivity contribution in [2.75, 3.05) is 38.7 Å². The van der Waals surface area contributed by atoms with Gasteiger partial charge in [0.05, 0.1) is 12.8 Å². The summed E-state index contributed by atoms with van der Waals surface area (Å²) in [5.74, 6) is 2.74. The van der Waals surface area contributed by atoms with E-state index >= 15 is 0 Å². The summed E-state index contributed by atoms with van der Waals surface area (Å²) in [5, 5.41) is 15.5. The highest BCUT2D eigenvalue weighted by molar-refractivity contribution is 14.0. The molecule has 2 N–H and O–H groups in total. The molecule has 3 aromatic rings. The van der Waals surface area contributed by atoms with Gasteiger partial charge in [0.2, 0.25) is 0 Å². The van der Waals surface area contributed by atoms with Gasteiger partial charge in [0.15, 0.2) is 11.6 Å². The number of ether oxygens (including phenoxy) is 1. The Balaban J connectivity index is 0.00000272. The molecule has 3 heterocycles. The van der Waals surface area contributed by atoms with Crippen LogP contribution in [-0.2, 0) is 6.42 Å². The molecule has 31 heavy (non-hydrogen) atoms. The van der Waals surface area contributed by atoms with Crippen molar-refractivity contribution in [3.8, 4) is 5.75 Å². The van der Waals surface area contributed by atoms with Gasteiger partial charge in [-0.2, -0.15) is 0 Å². The first kappa shape index (κ1) is 23.1. The minimum Gasteiger partial charge on any atom is -0.495 e. The maximum atomic E-state index is 5.51. The van der Waals surface area contributed by atoms with Crippen LogP contribution in [-0.4, -0.2) is 60.4 Å². The molecular weight excluding hydrogens is 505 g/mol. The normalized spacial score (nSPS) is 16.3. The molecule has 2 aromatic heterocycles. The molecule has 1 saturated heterocycles. The number of halogens is 1. The highest BCUT2D eigenvalue weighted by atomic mass is 127. The highest BCUT2D eigenvalue weighted by Gasteiger charge is 2.25. The molecule has 166 valence electrons. The van der Waals surface area contributed by atoms with Gasteiger partial charge in [-0.05, 0) is 37.1 Å². The number of guanidine groups is 1. The van der Waals surface area contributed by atoms with E-state index < -0.39 is 0 Å². The predicted molar refractivity (Wildman–Crippen MR) is 135 cm³/mol. The minimum atomic E-state index is 0. The third-order valence-electron chi connectivity index (χ3n) is 5.43. The third-order valence-corrected chi connectivity index (χ3v) is 5.43. The van der Waals surface area contributed by atoms with Gasteiger partial charge >= 0.3 is 0 Å². The summed E-state index contributed by atoms with van der Waals surface area (Å²) in [4.78, 5) is 6.75. The number of hydrogen-bond acceptors (Lipinski definition) is 5. The van der Waals surface area contributed by atoms with Crippen LogP contribution in [0.25, 0.3) is 5.65 Å². The molecule has 1 unspecified atom stereocenters. The molecule has 0 bridgehead atoms. The molecule has 1 fully saturated rings. The molecule has 0 radical (unpaired) electrons. The van der Waals surface area contributed by atoms with Gasteiger partial charge in [0.25, 0.3) is 0 Å². The largest absolute Gasteiger partial charge is 0.495 e. The van der Waals surface area contributed by atoms with Gasteiger partial charge in [-0.25, -0.2) is 0 Å². The van der Waals surface area contributed by atoms with E-state index in [9.17, 15) is 0 Å². The van der Waals surface area contributed by atoms with Gasteiger partial charge in [0.1, 0.15) is 11.6 Å². The Kier molecular flexibility index (Phi) is 8.33. The summed E-state index contributed by atoms with van der Waals surface area (Å²) in [6.07, 6.45) is 4.88. The summed E-state index contributed by atoms with van der Waals surface area (Å²) in [6.45, 7) is 2.74. The molecule has 1 aliphatic heterocycles. The van der Waals surface area contributed by atoms with Crippen molar-refractivity contribution in [3.63, 3.8) is 0 Å². The topological polar surface area (TPSA) is 79.1 Å². The molecule has 8 nitrogen and oxygen atoms in total. The second-order valence-corrected chi connectivity index (χ2v) is 7.40. The molecule has 0 spiro atoms. The molecule has 0 amide bonds. The standard InChI is InChI=1S/C22H29N7O.HI/c1-23-22(24-13-7-11-21-27-26-20-10-5-6-14-29(20)21)25-17-12-15-28(16-17)18-8-3-4-9-19(18)30-2;/h3-6,8-10,14,17H,7,11-13,15-16H2,1-2H3,(H2,23,24,25);1H. The number of pyridine rings is 1. The van der Waals surface area contributed by atoms with E-state index in [1.54, 1.807) is 7.11 Å². The van der Waals surface area contributed by atoms with E-state index in [0.717, 1.165) is 67.8 Å². The number of aryl methyl sites for hydroxylation is 1.